The van der Waals surface area contributed by atoms with Crippen LogP contribution in [0.4, 0.5) is 0 Å². The number of amides is 1. The van der Waals surface area contributed by atoms with Gasteiger partial charge in [0, 0.05) is 11.4 Å². The molecular weight excluding hydrogens is 320 g/mol. The quantitative estimate of drug-likeness (QED) is 0.898. The Bertz CT molecular complexity index is 665. The van der Waals surface area contributed by atoms with E-state index in [9.17, 15) is 4.79 Å². The third-order valence-corrected chi connectivity index (χ3v) is 6.37. The molecule has 1 atom stereocenters. The summed E-state index contributed by atoms with van der Waals surface area (Å²) in [5, 5.41) is 3.14. The van der Waals surface area contributed by atoms with Gasteiger partial charge in [-0.05, 0) is 69.0 Å². The lowest BCUT2D eigenvalue weighted by atomic mass is 10.1. The van der Waals surface area contributed by atoms with E-state index in [0.717, 1.165) is 36.6 Å². The first kappa shape index (κ1) is 15.9. The Morgan fingerprint density at radius 3 is 2.88 bits per heavy atom. The van der Waals surface area contributed by atoms with Crippen molar-refractivity contribution in [2.45, 2.75) is 44.6 Å². The summed E-state index contributed by atoms with van der Waals surface area (Å²) in [6.07, 6.45) is 8.97. The molecule has 0 saturated carbocycles. The van der Waals surface area contributed by atoms with E-state index in [-0.39, 0.29) is 11.9 Å². The summed E-state index contributed by atoms with van der Waals surface area (Å²) in [4.78, 5) is 17.3. The summed E-state index contributed by atoms with van der Waals surface area (Å²) in [5.74, 6) is 1.01. The zero-order valence-corrected chi connectivity index (χ0v) is 14.7. The highest BCUT2D eigenvalue weighted by Crippen LogP contribution is 2.31. The van der Waals surface area contributed by atoms with Crippen LogP contribution in [0.2, 0.25) is 0 Å². The molecule has 0 spiro atoms. The van der Waals surface area contributed by atoms with Gasteiger partial charge in [-0.1, -0.05) is 6.42 Å². The van der Waals surface area contributed by atoms with Gasteiger partial charge in [0.2, 0.25) is 0 Å². The summed E-state index contributed by atoms with van der Waals surface area (Å²) in [6, 6.07) is 6.17. The molecule has 1 unspecified atom stereocenters. The molecule has 24 heavy (non-hydrogen) atoms. The van der Waals surface area contributed by atoms with E-state index in [1.165, 1.54) is 36.1 Å². The van der Waals surface area contributed by atoms with Crippen molar-refractivity contribution in [3.05, 3.63) is 45.5 Å². The number of furan rings is 1. The van der Waals surface area contributed by atoms with Gasteiger partial charge < -0.3 is 9.73 Å². The molecule has 4 nitrogen and oxygen atoms in total. The molecular formula is C19H24N2O2S. The third-order valence-electron chi connectivity index (χ3n) is 5.13. The number of thiophene rings is 1. The van der Waals surface area contributed by atoms with Crippen LogP contribution in [0.15, 0.2) is 28.9 Å². The maximum atomic E-state index is 12.6. The lowest BCUT2D eigenvalue weighted by Crippen LogP contribution is -2.40. The van der Waals surface area contributed by atoms with Crippen molar-refractivity contribution in [1.29, 1.82) is 0 Å². The summed E-state index contributed by atoms with van der Waals surface area (Å²) in [7, 11) is 0. The van der Waals surface area contributed by atoms with E-state index in [0.29, 0.717) is 6.54 Å². The Labute approximate surface area is 146 Å². The minimum absolute atomic E-state index is 0.0583. The second kappa shape index (κ2) is 7.11. The number of carbonyl (C=O) groups is 1. The molecule has 2 aromatic rings. The number of aryl methyl sites for hydroxylation is 2. The summed E-state index contributed by atoms with van der Waals surface area (Å²) >= 11 is 1.67. The molecule has 0 radical (unpaired) electrons. The number of piperidine rings is 1. The van der Waals surface area contributed by atoms with Crippen molar-refractivity contribution in [1.82, 2.24) is 10.2 Å². The van der Waals surface area contributed by atoms with Gasteiger partial charge >= 0.3 is 0 Å². The normalized spacial score (nSPS) is 19.2. The number of rotatable bonds is 5. The molecule has 1 amide bonds. The third kappa shape index (κ3) is 3.28. The Balaban J connectivity index is 1.43. The monoisotopic (exact) mass is 344 g/mol. The Hall–Kier alpha value is -1.59. The van der Waals surface area contributed by atoms with Crippen molar-refractivity contribution < 1.29 is 9.21 Å². The molecule has 1 saturated heterocycles. The lowest BCUT2D eigenvalue weighted by Gasteiger charge is -2.33. The summed E-state index contributed by atoms with van der Waals surface area (Å²) in [6.45, 7) is 2.76. The van der Waals surface area contributed by atoms with Crippen molar-refractivity contribution in [2.24, 2.45) is 0 Å². The Morgan fingerprint density at radius 2 is 2.12 bits per heavy atom. The minimum atomic E-state index is 0.0583. The molecule has 1 fully saturated rings. The first-order valence-electron chi connectivity index (χ1n) is 8.98. The molecule has 1 aliphatic carbocycles. The van der Waals surface area contributed by atoms with Gasteiger partial charge in [-0.2, -0.15) is 0 Å². The number of nitrogens with zero attached hydrogens (tertiary/aromatic N) is 1. The summed E-state index contributed by atoms with van der Waals surface area (Å²) in [5.41, 5.74) is 1.38. The minimum Gasteiger partial charge on any atom is -0.468 e. The number of hydrogen-bond acceptors (Lipinski definition) is 4. The second-order valence-electron chi connectivity index (χ2n) is 6.75. The van der Waals surface area contributed by atoms with Gasteiger partial charge in [0.15, 0.2) is 0 Å². The maximum absolute atomic E-state index is 12.6. The standard InChI is InChI=1S/C19H24N2O2S/c22-19(18-12-14-6-4-8-17(14)24-18)20-13-15(16-7-5-11-23-16)21-9-2-1-3-10-21/h5,7,11-12,15H,1-4,6,8-10,13H2,(H,20,22). The molecule has 0 bridgehead atoms. The molecule has 2 aromatic heterocycles. The fourth-order valence-electron chi connectivity index (χ4n) is 3.84. The molecule has 1 N–H and O–H groups in total. The van der Waals surface area contributed by atoms with E-state index < -0.39 is 0 Å². The number of carbonyl (C=O) groups excluding carboxylic acids is 1. The van der Waals surface area contributed by atoms with E-state index in [1.807, 2.05) is 12.1 Å². The second-order valence-corrected chi connectivity index (χ2v) is 7.89. The number of likely N-dealkylation sites (tertiary alicyclic amines) is 1. The van der Waals surface area contributed by atoms with Gasteiger partial charge in [0.25, 0.3) is 5.91 Å². The largest absolute Gasteiger partial charge is 0.468 e. The van der Waals surface area contributed by atoms with Crippen LogP contribution < -0.4 is 5.32 Å². The number of fused-ring (bicyclic) bond motifs is 1. The van der Waals surface area contributed by atoms with Crippen molar-refractivity contribution >= 4 is 17.2 Å². The van der Waals surface area contributed by atoms with Gasteiger partial charge in [-0.15, -0.1) is 11.3 Å². The molecule has 128 valence electrons. The van der Waals surface area contributed by atoms with Crippen LogP contribution in [0, 0.1) is 0 Å². The van der Waals surface area contributed by atoms with Crippen LogP contribution in [0.25, 0.3) is 0 Å². The Morgan fingerprint density at radius 1 is 1.25 bits per heavy atom. The highest BCUT2D eigenvalue weighted by Gasteiger charge is 2.26. The average molecular weight is 344 g/mol. The molecule has 0 aromatic carbocycles. The van der Waals surface area contributed by atoms with Gasteiger partial charge in [0.1, 0.15) is 5.76 Å². The predicted octanol–water partition coefficient (Wildman–Crippen LogP) is 3.79. The van der Waals surface area contributed by atoms with E-state index in [2.05, 4.69) is 16.3 Å². The Kier molecular flexibility index (Phi) is 4.72. The lowest BCUT2D eigenvalue weighted by molar-refractivity contribution is 0.0918. The average Bonchev–Trinajstić information content (AvgIpc) is 3.33. The van der Waals surface area contributed by atoms with Crippen molar-refractivity contribution in [3.8, 4) is 0 Å². The number of hydrogen-bond donors (Lipinski definition) is 1. The van der Waals surface area contributed by atoms with Crippen LogP contribution in [0.3, 0.4) is 0 Å². The zero-order valence-electron chi connectivity index (χ0n) is 13.9. The van der Waals surface area contributed by atoms with Crippen LogP contribution >= 0.6 is 11.3 Å². The van der Waals surface area contributed by atoms with Gasteiger partial charge in [-0.3, -0.25) is 9.69 Å². The molecule has 4 rings (SSSR count). The van der Waals surface area contributed by atoms with Crippen LogP contribution in [0.5, 0.6) is 0 Å². The highest BCUT2D eigenvalue weighted by molar-refractivity contribution is 7.14. The van der Waals surface area contributed by atoms with E-state index >= 15 is 0 Å². The van der Waals surface area contributed by atoms with Crippen LogP contribution in [0.1, 0.15) is 57.6 Å². The SMILES string of the molecule is O=C(NCC(c1ccco1)N1CCCCC1)c1cc2c(s1)CCC2. The molecule has 3 heterocycles. The van der Waals surface area contributed by atoms with Gasteiger partial charge in [-0.25, -0.2) is 0 Å². The first-order chi connectivity index (χ1) is 11.8. The smallest absolute Gasteiger partial charge is 0.261 e. The fraction of sp³-hybridized carbons (Fsp3) is 0.526. The molecule has 5 heteroatoms. The van der Waals surface area contributed by atoms with E-state index in [4.69, 9.17) is 4.42 Å². The van der Waals surface area contributed by atoms with E-state index in [1.54, 1.807) is 17.6 Å². The van der Waals surface area contributed by atoms with Crippen LogP contribution in [-0.4, -0.2) is 30.4 Å². The summed E-state index contributed by atoms with van der Waals surface area (Å²) < 4.78 is 5.65. The first-order valence-corrected chi connectivity index (χ1v) is 9.80. The fourth-order valence-corrected chi connectivity index (χ4v) is 5.01. The maximum Gasteiger partial charge on any atom is 0.261 e. The van der Waals surface area contributed by atoms with Gasteiger partial charge in [0.05, 0.1) is 17.2 Å². The number of nitrogens with one attached hydrogen (secondary N) is 1. The van der Waals surface area contributed by atoms with Crippen LogP contribution in [-0.2, 0) is 12.8 Å². The zero-order chi connectivity index (χ0) is 16.4. The topological polar surface area (TPSA) is 45.5 Å². The van der Waals surface area contributed by atoms with Crippen molar-refractivity contribution in [3.63, 3.8) is 0 Å². The highest BCUT2D eigenvalue weighted by atomic mass is 32.1. The predicted molar refractivity (Wildman–Crippen MR) is 95.6 cm³/mol. The molecule has 1 aliphatic heterocycles. The van der Waals surface area contributed by atoms with Crippen molar-refractivity contribution in [2.75, 3.05) is 19.6 Å². The molecule has 2 aliphatic rings.